The number of hydrogen-bond donors (Lipinski definition) is 2. The molecule has 2 N–H and O–H groups in total. The van der Waals surface area contributed by atoms with E-state index in [9.17, 15) is 14.4 Å². The summed E-state index contributed by atoms with van der Waals surface area (Å²) in [6, 6.07) is 15.8. The van der Waals surface area contributed by atoms with Crippen molar-refractivity contribution < 1.29 is 23.9 Å². The minimum absolute atomic E-state index is 0.00292. The fraction of sp³-hybridized carbons (Fsp3) is 0.393. The lowest BCUT2D eigenvalue weighted by atomic mass is 10.0. The molecule has 10 heteroatoms. The van der Waals surface area contributed by atoms with Crippen LogP contribution in [0.3, 0.4) is 0 Å². The molecule has 2 unspecified atom stereocenters. The minimum Gasteiger partial charge on any atom is -0.469 e. The first-order chi connectivity index (χ1) is 18.5. The number of carbonyl (C=O) groups is 3. The Morgan fingerprint density at radius 1 is 0.921 bits per heavy atom. The molecule has 2 aromatic heterocycles. The smallest absolute Gasteiger partial charge is 0.410 e. The van der Waals surface area contributed by atoms with Crippen LogP contribution >= 0.6 is 22.7 Å². The number of nitrogens with zero attached hydrogens (tertiary/aromatic N) is 1. The standard InChI is InChI=1S/C28H35N3O5S2/c1-3-4-12-22(29-27(33)30-25(17-26(32)35-2)21-10-6-5-7-11-21)20-36-28(34)31(18-23-13-8-15-37-23)19-24-14-9-16-38-24/h5-11,13-16,22,25H,3-4,12,17-20H2,1-2H3,(H2,29,30,33). The zero-order valence-electron chi connectivity index (χ0n) is 21.8. The van der Waals surface area contributed by atoms with Crippen molar-refractivity contribution in [3.05, 3.63) is 80.7 Å². The van der Waals surface area contributed by atoms with E-state index in [1.807, 2.05) is 65.4 Å². The van der Waals surface area contributed by atoms with E-state index in [2.05, 4.69) is 17.6 Å². The van der Waals surface area contributed by atoms with Crippen molar-refractivity contribution in [2.24, 2.45) is 0 Å². The lowest BCUT2D eigenvalue weighted by molar-refractivity contribution is -0.141. The molecule has 3 rings (SSSR count). The van der Waals surface area contributed by atoms with E-state index in [0.29, 0.717) is 19.5 Å². The highest BCUT2D eigenvalue weighted by molar-refractivity contribution is 7.10. The van der Waals surface area contributed by atoms with Gasteiger partial charge in [-0.15, -0.1) is 22.7 Å². The summed E-state index contributed by atoms with van der Waals surface area (Å²) in [5.74, 6) is -0.424. The van der Waals surface area contributed by atoms with E-state index in [4.69, 9.17) is 9.47 Å². The first kappa shape index (κ1) is 29.2. The monoisotopic (exact) mass is 557 g/mol. The molecule has 38 heavy (non-hydrogen) atoms. The Morgan fingerprint density at radius 2 is 1.58 bits per heavy atom. The van der Waals surface area contributed by atoms with Gasteiger partial charge in [0.05, 0.1) is 38.7 Å². The Labute approximate surface area is 232 Å². The normalized spacial score (nSPS) is 12.3. The van der Waals surface area contributed by atoms with E-state index in [0.717, 1.165) is 28.2 Å². The van der Waals surface area contributed by atoms with Crippen LogP contribution in [0.15, 0.2) is 65.4 Å². The lowest BCUT2D eigenvalue weighted by Gasteiger charge is -2.25. The molecule has 0 aliphatic rings. The molecule has 0 bridgehead atoms. The van der Waals surface area contributed by atoms with E-state index < -0.39 is 24.1 Å². The number of rotatable bonds is 14. The van der Waals surface area contributed by atoms with Crippen LogP contribution in [-0.4, -0.2) is 42.8 Å². The number of urea groups is 1. The van der Waals surface area contributed by atoms with Crippen molar-refractivity contribution in [3.63, 3.8) is 0 Å². The molecular formula is C28H35N3O5S2. The van der Waals surface area contributed by atoms with Crippen LogP contribution in [0.1, 0.15) is 54.0 Å². The predicted molar refractivity (Wildman–Crippen MR) is 150 cm³/mol. The number of methoxy groups -OCH3 is 1. The number of esters is 1. The van der Waals surface area contributed by atoms with Crippen LogP contribution in [0, 0.1) is 0 Å². The molecule has 0 aliphatic carbocycles. The van der Waals surface area contributed by atoms with Gasteiger partial charge in [0, 0.05) is 9.75 Å². The van der Waals surface area contributed by atoms with Gasteiger partial charge in [0.25, 0.3) is 0 Å². The van der Waals surface area contributed by atoms with Gasteiger partial charge in [0.2, 0.25) is 0 Å². The summed E-state index contributed by atoms with van der Waals surface area (Å²) in [6.45, 7) is 3.02. The fourth-order valence-corrected chi connectivity index (χ4v) is 5.29. The topological polar surface area (TPSA) is 97.0 Å². The van der Waals surface area contributed by atoms with Crippen molar-refractivity contribution in [2.75, 3.05) is 13.7 Å². The highest BCUT2D eigenvalue weighted by atomic mass is 32.1. The molecule has 0 spiro atoms. The number of unbranched alkanes of at least 4 members (excludes halogenated alkanes) is 1. The van der Waals surface area contributed by atoms with E-state index in [1.165, 1.54) is 7.11 Å². The van der Waals surface area contributed by atoms with Crippen molar-refractivity contribution in [2.45, 2.75) is 57.8 Å². The average molecular weight is 558 g/mol. The Balaban J connectivity index is 1.62. The summed E-state index contributed by atoms with van der Waals surface area (Å²) in [4.78, 5) is 41.8. The van der Waals surface area contributed by atoms with E-state index in [1.54, 1.807) is 27.6 Å². The molecule has 0 saturated heterocycles. The number of amides is 3. The van der Waals surface area contributed by atoms with Gasteiger partial charge in [0.15, 0.2) is 0 Å². The number of nitrogens with one attached hydrogen (secondary N) is 2. The van der Waals surface area contributed by atoms with E-state index >= 15 is 0 Å². The zero-order valence-corrected chi connectivity index (χ0v) is 23.4. The third kappa shape index (κ3) is 9.83. The maximum atomic E-state index is 13.1. The SMILES string of the molecule is CCCCC(COC(=O)N(Cc1cccs1)Cc1cccs1)NC(=O)NC(CC(=O)OC)c1ccccc1. The highest BCUT2D eigenvalue weighted by Crippen LogP contribution is 2.19. The molecule has 3 amide bonds. The maximum Gasteiger partial charge on any atom is 0.410 e. The summed E-state index contributed by atoms with van der Waals surface area (Å²) in [5.41, 5.74) is 0.794. The molecule has 1 aromatic carbocycles. The summed E-state index contributed by atoms with van der Waals surface area (Å²) in [6.07, 6.45) is 2.03. The largest absolute Gasteiger partial charge is 0.469 e. The second-order valence-corrected chi connectivity index (χ2v) is 10.9. The van der Waals surface area contributed by atoms with Gasteiger partial charge >= 0.3 is 18.1 Å². The van der Waals surface area contributed by atoms with Gasteiger partial charge in [0.1, 0.15) is 6.61 Å². The quantitative estimate of drug-likeness (QED) is 0.233. The summed E-state index contributed by atoms with van der Waals surface area (Å²) in [7, 11) is 1.32. The number of thiophene rings is 2. The third-order valence-corrected chi connectivity index (χ3v) is 7.59. The minimum atomic E-state index is -0.551. The fourth-order valence-electron chi connectivity index (χ4n) is 3.85. The maximum absolute atomic E-state index is 13.1. The first-order valence-electron chi connectivity index (χ1n) is 12.6. The molecule has 3 aromatic rings. The Bertz CT molecular complexity index is 1070. The molecule has 204 valence electrons. The predicted octanol–water partition coefficient (Wildman–Crippen LogP) is 6.11. The van der Waals surface area contributed by atoms with Gasteiger partial charge in [-0.1, -0.05) is 62.2 Å². The molecule has 0 saturated carbocycles. The second kappa shape index (κ2) is 15.8. The van der Waals surface area contributed by atoms with Gasteiger partial charge in [-0.25, -0.2) is 9.59 Å². The Kier molecular flexibility index (Phi) is 12.1. The van der Waals surface area contributed by atoms with Gasteiger partial charge in [-0.05, 0) is 34.9 Å². The molecule has 0 aliphatic heterocycles. The lowest BCUT2D eigenvalue weighted by Crippen LogP contribution is -2.46. The Morgan fingerprint density at radius 3 is 2.13 bits per heavy atom. The van der Waals surface area contributed by atoms with Crippen molar-refractivity contribution in [3.8, 4) is 0 Å². The molecule has 8 nitrogen and oxygen atoms in total. The van der Waals surface area contributed by atoms with Crippen LogP contribution in [0.25, 0.3) is 0 Å². The van der Waals surface area contributed by atoms with Crippen molar-refractivity contribution in [1.29, 1.82) is 0 Å². The number of benzene rings is 1. The number of carbonyl (C=O) groups excluding carboxylic acids is 3. The molecule has 0 radical (unpaired) electrons. The first-order valence-corrected chi connectivity index (χ1v) is 14.4. The van der Waals surface area contributed by atoms with E-state index in [-0.39, 0.29) is 19.1 Å². The van der Waals surface area contributed by atoms with Gasteiger partial charge < -0.3 is 20.1 Å². The summed E-state index contributed by atoms with van der Waals surface area (Å²) in [5, 5.41) is 9.78. The van der Waals surface area contributed by atoms with Gasteiger partial charge in [-0.3, -0.25) is 9.69 Å². The van der Waals surface area contributed by atoms with Crippen molar-refractivity contribution >= 4 is 40.8 Å². The highest BCUT2D eigenvalue weighted by Gasteiger charge is 2.23. The molecule has 2 heterocycles. The van der Waals surface area contributed by atoms with Crippen LogP contribution in [0.4, 0.5) is 9.59 Å². The molecule has 2 atom stereocenters. The molecule has 0 fully saturated rings. The average Bonchev–Trinajstić information content (AvgIpc) is 3.64. The van der Waals surface area contributed by atoms with Crippen LogP contribution in [0.2, 0.25) is 0 Å². The second-order valence-electron chi connectivity index (χ2n) is 8.79. The molecular weight excluding hydrogens is 522 g/mol. The summed E-state index contributed by atoms with van der Waals surface area (Å²) < 4.78 is 10.5. The zero-order chi connectivity index (χ0) is 27.2. The third-order valence-electron chi connectivity index (χ3n) is 5.87. The van der Waals surface area contributed by atoms with Crippen LogP contribution in [-0.2, 0) is 27.4 Å². The number of hydrogen-bond acceptors (Lipinski definition) is 7. The van der Waals surface area contributed by atoms with Crippen LogP contribution in [0.5, 0.6) is 0 Å². The van der Waals surface area contributed by atoms with Gasteiger partial charge in [-0.2, -0.15) is 0 Å². The Hall–Kier alpha value is -3.37. The van der Waals surface area contributed by atoms with Crippen molar-refractivity contribution in [1.82, 2.24) is 15.5 Å². The number of ether oxygens (including phenoxy) is 2. The summed E-state index contributed by atoms with van der Waals surface area (Å²) >= 11 is 3.18. The van der Waals surface area contributed by atoms with Crippen LogP contribution < -0.4 is 10.6 Å².